The summed E-state index contributed by atoms with van der Waals surface area (Å²) in [5.74, 6) is -0.274. The van der Waals surface area contributed by atoms with E-state index in [2.05, 4.69) is 15.4 Å². The fraction of sp³-hybridized carbons (Fsp3) is 0.300. The SMILES string of the molecule is CC(=O)C(C)(CO)NC(=O)c1c2cc(OCc3ccccn3)ccc2nn1C. The van der Waals surface area contributed by atoms with E-state index in [1.807, 2.05) is 18.2 Å². The highest BCUT2D eigenvalue weighted by atomic mass is 16.5. The first-order chi connectivity index (χ1) is 13.3. The van der Waals surface area contributed by atoms with Gasteiger partial charge >= 0.3 is 0 Å². The Hall–Kier alpha value is -3.26. The zero-order valence-corrected chi connectivity index (χ0v) is 16.0. The monoisotopic (exact) mass is 382 g/mol. The molecule has 0 radical (unpaired) electrons. The summed E-state index contributed by atoms with van der Waals surface area (Å²) < 4.78 is 7.22. The number of amides is 1. The second-order valence-electron chi connectivity index (χ2n) is 6.76. The third-order valence-corrected chi connectivity index (χ3v) is 4.62. The molecule has 3 aromatic rings. The summed E-state index contributed by atoms with van der Waals surface area (Å²) in [7, 11) is 1.65. The quantitative estimate of drug-likeness (QED) is 0.643. The van der Waals surface area contributed by atoms with Crippen molar-refractivity contribution in [1.29, 1.82) is 0 Å². The Bertz CT molecular complexity index is 1020. The third-order valence-electron chi connectivity index (χ3n) is 4.62. The number of aromatic nitrogens is 3. The van der Waals surface area contributed by atoms with E-state index in [9.17, 15) is 14.7 Å². The Balaban J connectivity index is 1.89. The van der Waals surface area contributed by atoms with Crippen molar-refractivity contribution in [3.8, 4) is 5.75 Å². The highest BCUT2D eigenvalue weighted by Gasteiger charge is 2.32. The number of hydrogen-bond acceptors (Lipinski definition) is 6. The predicted molar refractivity (Wildman–Crippen MR) is 103 cm³/mol. The molecule has 1 unspecified atom stereocenters. The van der Waals surface area contributed by atoms with Crippen LogP contribution in [0.2, 0.25) is 0 Å². The first-order valence-electron chi connectivity index (χ1n) is 8.78. The first-order valence-corrected chi connectivity index (χ1v) is 8.78. The van der Waals surface area contributed by atoms with Crippen LogP contribution in [0.3, 0.4) is 0 Å². The lowest BCUT2D eigenvalue weighted by Crippen LogP contribution is -2.54. The van der Waals surface area contributed by atoms with Crippen molar-refractivity contribution in [2.75, 3.05) is 6.61 Å². The van der Waals surface area contributed by atoms with Crippen LogP contribution in [0.5, 0.6) is 5.75 Å². The van der Waals surface area contributed by atoms with E-state index in [0.29, 0.717) is 23.3 Å². The molecule has 0 saturated carbocycles. The van der Waals surface area contributed by atoms with Gasteiger partial charge in [-0.3, -0.25) is 19.3 Å². The van der Waals surface area contributed by atoms with Crippen LogP contribution in [-0.4, -0.2) is 43.7 Å². The molecule has 2 heterocycles. The van der Waals surface area contributed by atoms with Gasteiger partial charge in [0.25, 0.3) is 5.91 Å². The van der Waals surface area contributed by atoms with Crippen LogP contribution in [0.15, 0.2) is 42.6 Å². The van der Waals surface area contributed by atoms with Gasteiger partial charge in [0, 0.05) is 18.6 Å². The number of rotatable bonds is 7. The number of Topliss-reactive ketones (excluding diaryl/α,β-unsaturated/α-hetero) is 1. The minimum Gasteiger partial charge on any atom is -0.487 e. The summed E-state index contributed by atoms with van der Waals surface area (Å²) >= 11 is 0. The standard InChI is InChI=1S/C20H22N4O4/c1-13(26)20(2,12-25)22-19(27)18-16-10-15(7-8-17(16)23-24(18)3)28-11-14-6-4-5-9-21-14/h4-10,25H,11-12H2,1-3H3,(H,22,27). The van der Waals surface area contributed by atoms with E-state index >= 15 is 0 Å². The van der Waals surface area contributed by atoms with E-state index in [4.69, 9.17) is 4.74 Å². The number of ether oxygens (including phenoxy) is 1. The molecule has 1 amide bonds. The number of aryl methyl sites for hydroxylation is 1. The van der Waals surface area contributed by atoms with Crippen molar-refractivity contribution >= 4 is 22.6 Å². The number of ketones is 1. The Morgan fingerprint density at radius 3 is 2.71 bits per heavy atom. The summed E-state index contributed by atoms with van der Waals surface area (Å²) in [5.41, 5.74) is 0.318. The maximum atomic E-state index is 12.8. The number of nitrogens with zero attached hydrogens (tertiary/aromatic N) is 3. The molecule has 0 fully saturated rings. The van der Waals surface area contributed by atoms with Gasteiger partial charge in [-0.05, 0) is 44.2 Å². The zero-order valence-electron chi connectivity index (χ0n) is 16.0. The van der Waals surface area contributed by atoms with Crippen molar-refractivity contribution in [1.82, 2.24) is 20.1 Å². The largest absolute Gasteiger partial charge is 0.487 e. The number of aliphatic hydroxyl groups excluding tert-OH is 1. The lowest BCUT2D eigenvalue weighted by atomic mass is 9.98. The lowest BCUT2D eigenvalue weighted by molar-refractivity contribution is -0.123. The maximum Gasteiger partial charge on any atom is 0.271 e. The van der Waals surface area contributed by atoms with E-state index in [1.54, 1.807) is 31.4 Å². The van der Waals surface area contributed by atoms with Gasteiger partial charge < -0.3 is 15.2 Å². The first kappa shape index (κ1) is 19.5. The molecule has 0 aliphatic heterocycles. The number of fused-ring (bicyclic) bond motifs is 1. The average Bonchev–Trinajstić information content (AvgIpc) is 3.02. The molecule has 0 aliphatic carbocycles. The minimum atomic E-state index is -1.36. The molecule has 8 nitrogen and oxygen atoms in total. The van der Waals surface area contributed by atoms with Crippen LogP contribution in [0.4, 0.5) is 0 Å². The van der Waals surface area contributed by atoms with Crippen LogP contribution in [0.25, 0.3) is 10.9 Å². The van der Waals surface area contributed by atoms with Crippen LogP contribution >= 0.6 is 0 Å². The summed E-state index contributed by atoms with van der Waals surface area (Å²) in [6, 6.07) is 10.8. The van der Waals surface area contributed by atoms with E-state index in [-0.39, 0.29) is 11.5 Å². The number of pyridine rings is 1. The predicted octanol–water partition coefficient (Wildman–Crippen LogP) is 1.62. The fourth-order valence-corrected chi connectivity index (χ4v) is 2.73. The maximum absolute atomic E-state index is 12.8. The van der Waals surface area contributed by atoms with Crippen LogP contribution in [0.1, 0.15) is 30.0 Å². The normalized spacial score (nSPS) is 13.1. The number of nitrogens with one attached hydrogen (secondary N) is 1. The number of aliphatic hydroxyl groups is 1. The Morgan fingerprint density at radius 2 is 2.07 bits per heavy atom. The van der Waals surface area contributed by atoms with Gasteiger partial charge in [-0.1, -0.05) is 6.07 Å². The Labute approximate surface area is 162 Å². The number of carbonyl (C=O) groups excluding carboxylic acids is 2. The molecule has 0 bridgehead atoms. The molecule has 146 valence electrons. The molecule has 2 aromatic heterocycles. The number of carbonyl (C=O) groups is 2. The third kappa shape index (κ3) is 3.86. The highest BCUT2D eigenvalue weighted by Crippen LogP contribution is 2.24. The number of hydrogen-bond donors (Lipinski definition) is 2. The topological polar surface area (TPSA) is 106 Å². The highest BCUT2D eigenvalue weighted by molar-refractivity contribution is 6.07. The second-order valence-corrected chi connectivity index (χ2v) is 6.76. The van der Waals surface area contributed by atoms with Crippen LogP contribution in [-0.2, 0) is 18.4 Å². The molecular weight excluding hydrogens is 360 g/mol. The van der Waals surface area contributed by atoms with Crippen molar-refractivity contribution in [2.24, 2.45) is 7.05 Å². The van der Waals surface area contributed by atoms with Crippen molar-refractivity contribution in [3.63, 3.8) is 0 Å². The smallest absolute Gasteiger partial charge is 0.271 e. The molecule has 0 aliphatic rings. The molecule has 28 heavy (non-hydrogen) atoms. The second kappa shape index (κ2) is 7.77. The fourth-order valence-electron chi connectivity index (χ4n) is 2.73. The molecule has 2 N–H and O–H groups in total. The summed E-state index contributed by atoms with van der Waals surface area (Å²) in [6.07, 6.45) is 1.69. The zero-order chi connectivity index (χ0) is 20.3. The van der Waals surface area contributed by atoms with Gasteiger partial charge in [-0.2, -0.15) is 5.10 Å². The molecule has 0 spiro atoms. The van der Waals surface area contributed by atoms with Crippen molar-refractivity contribution in [2.45, 2.75) is 26.0 Å². The van der Waals surface area contributed by atoms with Crippen LogP contribution < -0.4 is 10.1 Å². The molecule has 0 saturated heterocycles. The molecule has 8 heteroatoms. The van der Waals surface area contributed by atoms with E-state index < -0.39 is 18.1 Å². The molecular formula is C20H22N4O4. The average molecular weight is 382 g/mol. The van der Waals surface area contributed by atoms with Gasteiger partial charge in [-0.25, -0.2) is 0 Å². The summed E-state index contributed by atoms with van der Waals surface area (Å²) in [4.78, 5) is 28.8. The Morgan fingerprint density at radius 1 is 1.29 bits per heavy atom. The van der Waals surface area contributed by atoms with Gasteiger partial charge in [0.2, 0.25) is 0 Å². The van der Waals surface area contributed by atoms with Gasteiger partial charge in [0.1, 0.15) is 23.6 Å². The Kier molecular flexibility index (Phi) is 5.41. The minimum absolute atomic E-state index is 0.277. The molecule has 1 atom stereocenters. The lowest BCUT2D eigenvalue weighted by Gasteiger charge is -2.25. The van der Waals surface area contributed by atoms with Gasteiger partial charge in [-0.15, -0.1) is 0 Å². The molecule has 3 rings (SSSR count). The van der Waals surface area contributed by atoms with E-state index in [0.717, 1.165) is 5.69 Å². The number of benzene rings is 1. The van der Waals surface area contributed by atoms with E-state index in [1.165, 1.54) is 18.5 Å². The van der Waals surface area contributed by atoms with Crippen LogP contribution in [0, 0.1) is 0 Å². The van der Waals surface area contributed by atoms with Gasteiger partial charge in [0.15, 0.2) is 5.78 Å². The van der Waals surface area contributed by atoms with Crippen molar-refractivity contribution < 1.29 is 19.4 Å². The summed E-state index contributed by atoms with van der Waals surface area (Å²) in [5, 5.41) is 17.0. The van der Waals surface area contributed by atoms with Crippen molar-refractivity contribution in [3.05, 3.63) is 54.0 Å². The summed E-state index contributed by atoms with van der Waals surface area (Å²) in [6.45, 7) is 2.60. The molecule has 1 aromatic carbocycles. The van der Waals surface area contributed by atoms with Gasteiger partial charge in [0.05, 0.1) is 17.8 Å².